The molecule has 2 heterocycles. The molecule has 4 nitrogen and oxygen atoms in total. The van der Waals surface area contributed by atoms with Gasteiger partial charge in [-0.3, -0.25) is 0 Å². The fraction of sp³-hybridized carbons (Fsp3) is 0.158. The number of benzene rings is 4. The zero-order chi connectivity index (χ0) is 29.1. The van der Waals surface area contributed by atoms with Gasteiger partial charge in [-0.15, -0.1) is 0 Å². The van der Waals surface area contributed by atoms with Gasteiger partial charge in [0.05, 0.1) is 31.6 Å². The lowest BCUT2D eigenvalue weighted by Gasteiger charge is -2.31. The zero-order valence-corrected chi connectivity index (χ0v) is 24.6. The SMILES string of the molecule is COc1ccc(N2/C=C/c3cc(-c4ccc(C)cc4)n(-c4ccc(OC)cc4)c3/C=C/CC2c2ccc(C)cc2)cc1. The van der Waals surface area contributed by atoms with Gasteiger partial charge in [-0.05, 0) is 98.1 Å². The molecule has 4 heteroatoms. The molecule has 0 fully saturated rings. The number of aromatic nitrogens is 1. The van der Waals surface area contributed by atoms with Crippen LogP contribution in [0.5, 0.6) is 11.5 Å². The van der Waals surface area contributed by atoms with Crippen LogP contribution in [-0.4, -0.2) is 18.8 Å². The molecule has 4 aromatic carbocycles. The molecule has 0 spiro atoms. The summed E-state index contributed by atoms with van der Waals surface area (Å²) in [6.07, 6.45) is 9.90. The minimum Gasteiger partial charge on any atom is -0.497 e. The van der Waals surface area contributed by atoms with E-state index in [1.807, 2.05) is 24.3 Å². The number of ether oxygens (including phenoxy) is 2. The van der Waals surface area contributed by atoms with E-state index in [2.05, 4.69) is 127 Å². The zero-order valence-electron chi connectivity index (χ0n) is 24.6. The van der Waals surface area contributed by atoms with Crippen molar-refractivity contribution in [3.63, 3.8) is 0 Å². The number of nitrogens with zero attached hydrogens (tertiary/aromatic N) is 2. The van der Waals surface area contributed by atoms with Gasteiger partial charge >= 0.3 is 0 Å². The summed E-state index contributed by atoms with van der Waals surface area (Å²) < 4.78 is 13.3. The van der Waals surface area contributed by atoms with Crippen molar-refractivity contribution >= 4 is 17.8 Å². The fourth-order valence-electron chi connectivity index (χ4n) is 5.59. The van der Waals surface area contributed by atoms with E-state index in [0.29, 0.717) is 0 Å². The highest BCUT2D eigenvalue weighted by Gasteiger charge is 2.22. The van der Waals surface area contributed by atoms with Gasteiger partial charge in [0.2, 0.25) is 0 Å². The predicted octanol–water partition coefficient (Wildman–Crippen LogP) is 9.41. The number of anilines is 1. The van der Waals surface area contributed by atoms with Crippen LogP contribution in [0.4, 0.5) is 5.69 Å². The summed E-state index contributed by atoms with van der Waals surface area (Å²) in [5.74, 6) is 1.69. The van der Waals surface area contributed by atoms with Gasteiger partial charge in [-0.25, -0.2) is 0 Å². The van der Waals surface area contributed by atoms with Crippen LogP contribution in [0, 0.1) is 13.8 Å². The van der Waals surface area contributed by atoms with E-state index in [1.165, 1.54) is 22.3 Å². The molecule has 0 saturated carbocycles. The van der Waals surface area contributed by atoms with Gasteiger partial charge in [0.15, 0.2) is 0 Å². The highest BCUT2D eigenvalue weighted by Crippen LogP contribution is 2.37. The van der Waals surface area contributed by atoms with Crippen LogP contribution in [-0.2, 0) is 0 Å². The average Bonchev–Trinajstić information content (AvgIpc) is 3.42. The fourth-order valence-corrected chi connectivity index (χ4v) is 5.59. The summed E-state index contributed by atoms with van der Waals surface area (Å²) >= 11 is 0. The van der Waals surface area contributed by atoms with Gasteiger partial charge in [0.25, 0.3) is 0 Å². The maximum Gasteiger partial charge on any atom is 0.119 e. The van der Waals surface area contributed by atoms with E-state index < -0.39 is 0 Å². The van der Waals surface area contributed by atoms with E-state index in [1.54, 1.807) is 14.2 Å². The molecule has 1 unspecified atom stereocenters. The van der Waals surface area contributed by atoms with Crippen molar-refractivity contribution in [2.24, 2.45) is 0 Å². The Bertz CT molecular complexity index is 1710. The van der Waals surface area contributed by atoms with Crippen LogP contribution in [0.3, 0.4) is 0 Å². The van der Waals surface area contributed by atoms with Gasteiger partial charge in [0.1, 0.15) is 11.5 Å². The first-order valence-electron chi connectivity index (χ1n) is 14.3. The Morgan fingerprint density at radius 2 is 1.21 bits per heavy atom. The molecule has 0 N–H and O–H groups in total. The third kappa shape index (κ3) is 5.48. The Balaban J connectivity index is 1.51. The Hall–Kier alpha value is -4.96. The Labute approximate surface area is 248 Å². The van der Waals surface area contributed by atoms with Crippen molar-refractivity contribution in [2.75, 3.05) is 19.1 Å². The molecular weight excluding hydrogens is 516 g/mol. The molecule has 0 aliphatic carbocycles. The quantitative estimate of drug-likeness (QED) is 0.210. The topological polar surface area (TPSA) is 26.6 Å². The second kappa shape index (κ2) is 11.9. The molecule has 1 aliphatic heterocycles. The Morgan fingerprint density at radius 1 is 0.643 bits per heavy atom. The van der Waals surface area contributed by atoms with Crippen molar-refractivity contribution in [3.8, 4) is 28.4 Å². The van der Waals surface area contributed by atoms with E-state index in [0.717, 1.165) is 46.2 Å². The summed E-state index contributed by atoms with van der Waals surface area (Å²) in [7, 11) is 3.41. The maximum absolute atomic E-state index is 5.46. The van der Waals surface area contributed by atoms with Crippen LogP contribution < -0.4 is 14.4 Å². The van der Waals surface area contributed by atoms with E-state index in [9.17, 15) is 0 Å². The summed E-state index contributed by atoms with van der Waals surface area (Å²) in [5.41, 5.74) is 10.6. The van der Waals surface area contributed by atoms with Crippen LogP contribution >= 0.6 is 0 Å². The average molecular weight is 553 g/mol. The van der Waals surface area contributed by atoms with E-state index in [4.69, 9.17) is 9.47 Å². The number of fused-ring (bicyclic) bond motifs is 1. The number of hydrogen-bond acceptors (Lipinski definition) is 3. The van der Waals surface area contributed by atoms with E-state index in [-0.39, 0.29) is 6.04 Å². The minimum atomic E-state index is 0.126. The third-order valence-corrected chi connectivity index (χ3v) is 7.97. The maximum atomic E-state index is 5.46. The van der Waals surface area contributed by atoms with Gasteiger partial charge in [-0.2, -0.15) is 0 Å². The summed E-state index contributed by atoms with van der Waals surface area (Å²) in [5, 5.41) is 0. The van der Waals surface area contributed by atoms with Crippen LogP contribution in [0.2, 0.25) is 0 Å². The van der Waals surface area contributed by atoms with Crippen LogP contribution in [0.1, 0.15) is 40.4 Å². The van der Waals surface area contributed by atoms with Gasteiger partial charge < -0.3 is 18.9 Å². The third-order valence-electron chi connectivity index (χ3n) is 7.97. The molecule has 0 saturated heterocycles. The van der Waals surface area contributed by atoms with Gasteiger partial charge in [0, 0.05) is 23.1 Å². The number of rotatable bonds is 6. The first-order chi connectivity index (χ1) is 20.5. The summed E-state index contributed by atoms with van der Waals surface area (Å²) in [6, 6.07) is 36.7. The second-order valence-electron chi connectivity index (χ2n) is 10.8. The molecule has 1 aliphatic rings. The highest BCUT2D eigenvalue weighted by atomic mass is 16.5. The normalized spacial score (nSPS) is 16.1. The highest BCUT2D eigenvalue weighted by molar-refractivity contribution is 5.77. The first-order valence-corrected chi connectivity index (χ1v) is 14.3. The first kappa shape index (κ1) is 27.2. The van der Waals surface area contributed by atoms with Crippen molar-refractivity contribution in [2.45, 2.75) is 26.3 Å². The van der Waals surface area contributed by atoms with Crippen LogP contribution in [0.25, 0.3) is 29.1 Å². The molecule has 210 valence electrons. The van der Waals surface area contributed by atoms with Crippen molar-refractivity contribution in [1.82, 2.24) is 4.57 Å². The lowest BCUT2D eigenvalue weighted by molar-refractivity contribution is 0.414. The number of aryl methyl sites for hydroxylation is 2. The lowest BCUT2D eigenvalue weighted by atomic mass is 10.00. The standard InChI is InChI=1S/C38H36N2O2/c1-27-8-12-29(13-9-27)36-6-5-7-37-31(24-25-39(36)32-16-20-34(41-3)21-17-32)26-38(30-14-10-28(2)11-15-30)40(37)33-18-22-35(42-4)23-19-33/h5,7-26,36H,6H2,1-4H3/b7-5+,25-24+. The lowest BCUT2D eigenvalue weighted by Crippen LogP contribution is -2.22. The van der Waals surface area contributed by atoms with Gasteiger partial charge in [-0.1, -0.05) is 65.7 Å². The molecule has 6 rings (SSSR count). The largest absolute Gasteiger partial charge is 0.497 e. The van der Waals surface area contributed by atoms with Crippen molar-refractivity contribution < 1.29 is 9.47 Å². The monoisotopic (exact) mass is 552 g/mol. The summed E-state index contributed by atoms with van der Waals surface area (Å²) in [4.78, 5) is 2.37. The molecule has 1 atom stereocenters. The Kier molecular flexibility index (Phi) is 7.70. The molecule has 0 radical (unpaired) electrons. The number of hydrogen-bond donors (Lipinski definition) is 0. The smallest absolute Gasteiger partial charge is 0.119 e. The predicted molar refractivity (Wildman–Crippen MR) is 175 cm³/mol. The molecule has 5 aromatic rings. The molecular formula is C38H36N2O2. The minimum absolute atomic E-state index is 0.126. The van der Waals surface area contributed by atoms with Crippen molar-refractivity contribution in [1.29, 1.82) is 0 Å². The van der Waals surface area contributed by atoms with E-state index >= 15 is 0 Å². The molecule has 42 heavy (non-hydrogen) atoms. The number of methoxy groups -OCH3 is 2. The molecule has 0 bridgehead atoms. The summed E-state index contributed by atoms with van der Waals surface area (Å²) in [6.45, 7) is 4.26. The molecule has 0 amide bonds. The van der Waals surface area contributed by atoms with Crippen molar-refractivity contribution in [3.05, 3.63) is 143 Å². The molecule has 1 aromatic heterocycles. The Morgan fingerprint density at radius 3 is 1.81 bits per heavy atom. The van der Waals surface area contributed by atoms with Crippen LogP contribution in [0.15, 0.2) is 115 Å². The second-order valence-corrected chi connectivity index (χ2v) is 10.8.